The van der Waals surface area contributed by atoms with E-state index in [0.717, 1.165) is 12.0 Å². The topological polar surface area (TPSA) is 67.9 Å². The van der Waals surface area contributed by atoms with Crippen molar-refractivity contribution in [1.29, 1.82) is 0 Å². The number of rotatable bonds is 7. The van der Waals surface area contributed by atoms with Crippen molar-refractivity contribution < 1.29 is 19.1 Å². The van der Waals surface area contributed by atoms with Crippen molar-refractivity contribution in [1.82, 2.24) is 10.2 Å². The van der Waals surface area contributed by atoms with Crippen LogP contribution in [0.1, 0.15) is 40.2 Å². The summed E-state index contributed by atoms with van der Waals surface area (Å²) < 4.78 is 11.6. The van der Waals surface area contributed by atoms with Crippen LogP contribution in [0.4, 0.5) is 0 Å². The van der Waals surface area contributed by atoms with Crippen molar-refractivity contribution in [2.75, 3.05) is 19.7 Å². The minimum Gasteiger partial charge on any atom is -0.483 e. The molecule has 6 heteroatoms. The summed E-state index contributed by atoms with van der Waals surface area (Å²) in [6.45, 7) is 10.0. The molecule has 0 atom stereocenters. The molecule has 0 bridgehead atoms. The molecular formula is C19H28N2O4. The van der Waals surface area contributed by atoms with Crippen molar-refractivity contribution >= 4 is 11.8 Å². The molecule has 0 aliphatic carbocycles. The number of nitrogens with zero attached hydrogens (tertiary/aromatic N) is 1. The Hall–Kier alpha value is -2.24. The summed E-state index contributed by atoms with van der Waals surface area (Å²) in [7, 11) is 0. The Morgan fingerprint density at radius 1 is 1.36 bits per heavy atom. The fraction of sp³-hybridized carbons (Fsp3) is 0.579. The zero-order valence-corrected chi connectivity index (χ0v) is 15.7. The summed E-state index contributed by atoms with van der Waals surface area (Å²) in [4.78, 5) is 25.7. The van der Waals surface area contributed by atoms with E-state index in [1.807, 2.05) is 46.8 Å². The maximum atomic E-state index is 12.4. The average Bonchev–Trinajstić information content (AvgIpc) is 2.83. The van der Waals surface area contributed by atoms with Gasteiger partial charge in [-0.15, -0.1) is 0 Å². The molecule has 138 valence electrons. The van der Waals surface area contributed by atoms with Crippen LogP contribution in [0.3, 0.4) is 0 Å². The molecule has 0 saturated heterocycles. The maximum Gasteiger partial charge on any atom is 0.260 e. The molecule has 25 heavy (non-hydrogen) atoms. The zero-order valence-electron chi connectivity index (χ0n) is 15.7. The third-order valence-electron chi connectivity index (χ3n) is 3.92. The van der Waals surface area contributed by atoms with Crippen LogP contribution in [0.2, 0.25) is 0 Å². The van der Waals surface area contributed by atoms with Crippen molar-refractivity contribution in [3.05, 3.63) is 23.8 Å². The van der Waals surface area contributed by atoms with Gasteiger partial charge in [0, 0.05) is 24.6 Å². The van der Waals surface area contributed by atoms with Crippen LogP contribution in [0.5, 0.6) is 11.5 Å². The van der Waals surface area contributed by atoms with Gasteiger partial charge in [0.05, 0.1) is 6.54 Å². The van der Waals surface area contributed by atoms with Crippen LogP contribution in [-0.4, -0.2) is 48.1 Å². The third kappa shape index (κ3) is 5.11. The first-order valence-corrected chi connectivity index (χ1v) is 8.72. The number of likely N-dealkylation sites (N-methyl/N-ethyl adjacent to an activating group) is 1. The van der Waals surface area contributed by atoms with E-state index in [-0.39, 0.29) is 36.6 Å². The van der Waals surface area contributed by atoms with Crippen LogP contribution in [-0.2, 0) is 16.0 Å². The van der Waals surface area contributed by atoms with E-state index in [4.69, 9.17) is 9.47 Å². The highest BCUT2D eigenvalue weighted by molar-refractivity contribution is 5.85. The second-order valence-corrected chi connectivity index (χ2v) is 7.20. The number of fused-ring (bicyclic) bond motifs is 1. The summed E-state index contributed by atoms with van der Waals surface area (Å²) in [6.07, 6.45) is 0.809. The van der Waals surface area contributed by atoms with Crippen LogP contribution in [0.25, 0.3) is 0 Å². The van der Waals surface area contributed by atoms with Gasteiger partial charge in [0.15, 0.2) is 18.1 Å². The quantitative estimate of drug-likeness (QED) is 0.820. The molecule has 2 rings (SSSR count). The first kappa shape index (κ1) is 19.1. The molecule has 0 saturated carbocycles. The predicted octanol–water partition coefficient (Wildman–Crippen LogP) is 2.15. The Labute approximate surface area is 149 Å². The van der Waals surface area contributed by atoms with Gasteiger partial charge in [-0.25, -0.2) is 0 Å². The fourth-order valence-corrected chi connectivity index (χ4v) is 2.85. The Bertz CT molecular complexity index is 640. The van der Waals surface area contributed by atoms with Crippen molar-refractivity contribution in [3.8, 4) is 11.5 Å². The minimum atomic E-state index is -0.268. The minimum absolute atomic E-state index is 0.0350. The van der Waals surface area contributed by atoms with Gasteiger partial charge in [0.25, 0.3) is 5.91 Å². The van der Waals surface area contributed by atoms with Gasteiger partial charge < -0.3 is 19.7 Å². The molecule has 0 unspecified atom stereocenters. The van der Waals surface area contributed by atoms with Crippen LogP contribution >= 0.6 is 0 Å². The first-order valence-electron chi connectivity index (χ1n) is 8.72. The fourth-order valence-electron chi connectivity index (χ4n) is 2.85. The van der Waals surface area contributed by atoms with Gasteiger partial charge in [0.1, 0.15) is 5.60 Å². The van der Waals surface area contributed by atoms with Crippen molar-refractivity contribution in [2.45, 2.75) is 52.7 Å². The maximum absolute atomic E-state index is 12.4. The summed E-state index contributed by atoms with van der Waals surface area (Å²) in [5.74, 6) is 0.882. The van der Waals surface area contributed by atoms with Gasteiger partial charge in [-0.2, -0.15) is 0 Å². The van der Waals surface area contributed by atoms with E-state index in [1.165, 1.54) is 4.90 Å². The number of para-hydroxylation sites is 1. The highest BCUT2D eigenvalue weighted by Crippen LogP contribution is 2.41. The zero-order chi connectivity index (χ0) is 18.6. The number of amides is 2. The lowest BCUT2D eigenvalue weighted by atomic mass is 10.0. The van der Waals surface area contributed by atoms with Gasteiger partial charge in [0.2, 0.25) is 5.91 Å². The number of nitrogens with one attached hydrogen (secondary N) is 1. The van der Waals surface area contributed by atoms with E-state index < -0.39 is 0 Å². The summed E-state index contributed by atoms with van der Waals surface area (Å²) in [6, 6.07) is 5.75. The Morgan fingerprint density at radius 3 is 2.72 bits per heavy atom. The molecule has 0 spiro atoms. The number of hydrogen-bond acceptors (Lipinski definition) is 4. The van der Waals surface area contributed by atoms with Gasteiger partial charge in [-0.05, 0) is 40.7 Å². The van der Waals surface area contributed by atoms with Crippen LogP contribution in [0.15, 0.2) is 18.2 Å². The number of hydrogen-bond donors (Lipinski definition) is 1. The van der Waals surface area contributed by atoms with E-state index >= 15 is 0 Å². The second kappa shape index (κ2) is 7.76. The largest absolute Gasteiger partial charge is 0.483 e. The van der Waals surface area contributed by atoms with Gasteiger partial charge in [-0.3, -0.25) is 9.59 Å². The lowest BCUT2D eigenvalue weighted by Gasteiger charge is -2.22. The first-order chi connectivity index (χ1) is 11.7. The Morgan fingerprint density at radius 2 is 2.08 bits per heavy atom. The molecule has 0 fully saturated rings. The summed E-state index contributed by atoms with van der Waals surface area (Å²) >= 11 is 0. The predicted molar refractivity (Wildman–Crippen MR) is 95.9 cm³/mol. The molecular weight excluding hydrogens is 320 g/mol. The molecule has 1 aliphatic heterocycles. The molecule has 0 radical (unpaired) electrons. The Balaban J connectivity index is 1.96. The Kier molecular flexibility index (Phi) is 5.93. The average molecular weight is 348 g/mol. The van der Waals surface area contributed by atoms with E-state index in [1.54, 1.807) is 6.07 Å². The normalized spacial score (nSPS) is 14.6. The highest BCUT2D eigenvalue weighted by Gasteiger charge is 2.32. The standard InChI is InChI=1S/C19H28N2O4/c1-6-21(11-16(22)20-13(2)3)17(23)12-24-15-9-7-8-14-10-19(4,5)25-18(14)15/h7-9,13H,6,10-12H2,1-5H3,(H,20,22). The molecule has 2 amide bonds. The summed E-state index contributed by atoms with van der Waals surface area (Å²) in [5, 5.41) is 2.79. The van der Waals surface area contributed by atoms with E-state index in [0.29, 0.717) is 18.0 Å². The van der Waals surface area contributed by atoms with E-state index in [9.17, 15) is 9.59 Å². The monoisotopic (exact) mass is 348 g/mol. The lowest BCUT2D eigenvalue weighted by Crippen LogP contribution is -2.44. The van der Waals surface area contributed by atoms with Crippen molar-refractivity contribution in [3.63, 3.8) is 0 Å². The number of carbonyl (C=O) groups is 2. The number of carbonyl (C=O) groups excluding carboxylic acids is 2. The molecule has 6 nitrogen and oxygen atoms in total. The SMILES string of the molecule is CCN(CC(=O)NC(C)C)C(=O)COc1cccc2c1OC(C)(C)C2. The molecule has 1 aromatic carbocycles. The highest BCUT2D eigenvalue weighted by atomic mass is 16.5. The summed E-state index contributed by atoms with van der Waals surface area (Å²) in [5.41, 5.74) is 0.814. The van der Waals surface area contributed by atoms with Gasteiger partial charge in [-0.1, -0.05) is 12.1 Å². The smallest absolute Gasteiger partial charge is 0.260 e. The molecule has 1 N–H and O–H groups in total. The molecule has 1 aliphatic rings. The number of benzene rings is 1. The van der Waals surface area contributed by atoms with Crippen molar-refractivity contribution in [2.24, 2.45) is 0 Å². The second-order valence-electron chi connectivity index (χ2n) is 7.20. The third-order valence-corrected chi connectivity index (χ3v) is 3.92. The molecule has 0 aromatic heterocycles. The van der Waals surface area contributed by atoms with Gasteiger partial charge >= 0.3 is 0 Å². The van der Waals surface area contributed by atoms with Crippen LogP contribution < -0.4 is 14.8 Å². The number of ether oxygens (including phenoxy) is 2. The van der Waals surface area contributed by atoms with E-state index in [2.05, 4.69) is 5.32 Å². The lowest BCUT2D eigenvalue weighted by molar-refractivity contribution is -0.137. The van der Waals surface area contributed by atoms with Crippen LogP contribution in [0, 0.1) is 0 Å². The molecule has 1 aromatic rings. The molecule has 1 heterocycles.